The molecule has 1 saturated heterocycles. The van der Waals surface area contributed by atoms with E-state index in [0.717, 1.165) is 25.9 Å². The second-order valence-electron chi connectivity index (χ2n) is 4.89. The van der Waals surface area contributed by atoms with Crippen LogP contribution in [0.2, 0.25) is 0 Å². The second-order valence-corrected chi connectivity index (χ2v) is 4.89. The van der Waals surface area contributed by atoms with Gasteiger partial charge in [0.25, 0.3) is 0 Å². The predicted octanol–water partition coefficient (Wildman–Crippen LogP) is 0.263. The molecule has 4 nitrogen and oxygen atoms in total. The van der Waals surface area contributed by atoms with Crippen molar-refractivity contribution in [1.82, 2.24) is 10.6 Å². The van der Waals surface area contributed by atoms with Crippen molar-refractivity contribution in [2.45, 2.75) is 38.6 Å². The number of carbonyl (C=O) groups is 1. The molecule has 0 aromatic heterocycles. The molecule has 1 aliphatic rings. The highest BCUT2D eigenvalue weighted by molar-refractivity contribution is 5.79. The lowest BCUT2D eigenvalue weighted by Crippen LogP contribution is -2.49. The molecule has 1 heterocycles. The highest BCUT2D eigenvalue weighted by Gasteiger charge is 2.26. The molecule has 0 unspecified atom stereocenters. The molecule has 1 amide bonds. The van der Waals surface area contributed by atoms with Gasteiger partial charge < -0.3 is 15.7 Å². The van der Waals surface area contributed by atoms with Crippen LogP contribution in [0.3, 0.4) is 0 Å². The molecule has 1 fully saturated rings. The zero-order valence-corrected chi connectivity index (χ0v) is 9.68. The normalized spacial score (nSPS) is 22.5. The Morgan fingerprint density at radius 2 is 2.33 bits per heavy atom. The third kappa shape index (κ3) is 4.18. The van der Waals surface area contributed by atoms with Crippen LogP contribution in [0.15, 0.2) is 0 Å². The van der Waals surface area contributed by atoms with Gasteiger partial charge in [-0.15, -0.1) is 0 Å². The fourth-order valence-corrected chi connectivity index (χ4v) is 1.85. The van der Waals surface area contributed by atoms with E-state index < -0.39 is 0 Å². The standard InChI is InChI=1S/C11H22N2O2/c1-11(2,5-7-14)13-10(15)9-4-3-6-12-8-9/h9,12,14H,3-8H2,1-2H3,(H,13,15)/t9-/m1/s1. The Morgan fingerprint density at radius 1 is 1.60 bits per heavy atom. The molecular weight excluding hydrogens is 192 g/mol. The first-order valence-electron chi connectivity index (χ1n) is 5.69. The Morgan fingerprint density at radius 3 is 2.87 bits per heavy atom. The smallest absolute Gasteiger partial charge is 0.224 e. The second kappa shape index (κ2) is 5.47. The summed E-state index contributed by atoms with van der Waals surface area (Å²) in [5.41, 5.74) is -0.302. The fraction of sp³-hybridized carbons (Fsp3) is 0.909. The SMILES string of the molecule is CC(C)(CCO)NC(=O)[C@@H]1CCCNC1. The Bertz CT molecular complexity index is 211. The number of aliphatic hydroxyl groups is 1. The summed E-state index contributed by atoms with van der Waals surface area (Å²) in [5.74, 6) is 0.206. The van der Waals surface area contributed by atoms with Crippen molar-refractivity contribution in [3.63, 3.8) is 0 Å². The molecule has 0 aromatic carbocycles. The van der Waals surface area contributed by atoms with E-state index in [2.05, 4.69) is 10.6 Å². The van der Waals surface area contributed by atoms with Crippen molar-refractivity contribution in [3.8, 4) is 0 Å². The molecule has 4 heteroatoms. The van der Waals surface area contributed by atoms with Gasteiger partial charge in [-0.25, -0.2) is 0 Å². The van der Waals surface area contributed by atoms with Crippen molar-refractivity contribution >= 4 is 5.91 Å². The van der Waals surface area contributed by atoms with Crippen LogP contribution >= 0.6 is 0 Å². The van der Waals surface area contributed by atoms with Crippen LogP contribution in [-0.4, -0.2) is 36.2 Å². The molecule has 0 bridgehead atoms. The molecule has 0 saturated carbocycles. The molecule has 1 atom stereocenters. The number of aliphatic hydroxyl groups excluding tert-OH is 1. The number of carbonyl (C=O) groups excluding carboxylic acids is 1. The van der Waals surface area contributed by atoms with Crippen LogP contribution < -0.4 is 10.6 Å². The third-order valence-corrected chi connectivity index (χ3v) is 2.87. The number of piperidine rings is 1. The Labute approximate surface area is 91.4 Å². The molecule has 15 heavy (non-hydrogen) atoms. The number of rotatable bonds is 4. The van der Waals surface area contributed by atoms with E-state index in [9.17, 15) is 4.79 Å². The molecule has 1 rings (SSSR count). The quantitative estimate of drug-likeness (QED) is 0.629. The van der Waals surface area contributed by atoms with Crippen LogP contribution in [0.5, 0.6) is 0 Å². The van der Waals surface area contributed by atoms with Crippen LogP contribution in [0.4, 0.5) is 0 Å². The van der Waals surface area contributed by atoms with Crippen LogP contribution in [-0.2, 0) is 4.79 Å². The first-order valence-corrected chi connectivity index (χ1v) is 5.69. The molecule has 0 aliphatic carbocycles. The Hall–Kier alpha value is -0.610. The van der Waals surface area contributed by atoms with Gasteiger partial charge in [0.15, 0.2) is 0 Å². The van der Waals surface area contributed by atoms with E-state index in [4.69, 9.17) is 5.11 Å². The van der Waals surface area contributed by atoms with E-state index in [1.54, 1.807) is 0 Å². The molecule has 0 spiro atoms. The highest BCUT2D eigenvalue weighted by atomic mass is 16.3. The maximum atomic E-state index is 11.9. The Kier molecular flexibility index (Phi) is 4.54. The lowest BCUT2D eigenvalue weighted by atomic mass is 9.95. The van der Waals surface area contributed by atoms with Crippen molar-refractivity contribution in [1.29, 1.82) is 0 Å². The van der Waals surface area contributed by atoms with Gasteiger partial charge in [0, 0.05) is 18.7 Å². The summed E-state index contributed by atoms with van der Waals surface area (Å²) < 4.78 is 0. The summed E-state index contributed by atoms with van der Waals surface area (Å²) in [4.78, 5) is 11.9. The monoisotopic (exact) mass is 214 g/mol. The van der Waals surface area contributed by atoms with E-state index in [1.807, 2.05) is 13.8 Å². The number of hydrogen-bond acceptors (Lipinski definition) is 3. The third-order valence-electron chi connectivity index (χ3n) is 2.87. The van der Waals surface area contributed by atoms with Gasteiger partial charge in [0.2, 0.25) is 5.91 Å². The van der Waals surface area contributed by atoms with Gasteiger partial charge in [-0.1, -0.05) is 0 Å². The summed E-state index contributed by atoms with van der Waals surface area (Å²) in [5, 5.41) is 15.1. The minimum absolute atomic E-state index is 0.0942. The lowest BCUT2D eigenvalue weighted by Gasteiger charge is -2.29. The molecule has 0 aromatic rings. The van der Waals surface area contributed by atoms with Gasteiger partial charge in [-0.05, 0) is 39.7 Å². The first-order chi connectivity index (χ1) is 7.05. The van der Waals surface area contributed by atoms with Crippen LogP contribution in [0.1, 0.15) is 33.1 Å². The fourth-order valence-electron chi connectivity index (χ4n) is 1.85. The van der Waals surface area contributed by atoms with Crippen molar-refractivity contribution in [2.24, 2.45) is 5.92 Å². The predicted molar refractivity (Wildman–Crippen MR) is 59.5 cm³/mol. The number of amides is 1. The summed E-state index contributed by atoms with van der Waals surface area (Å²) in [6.45, 7) is 5.79. The van der Waals surface area contributed by atoms with Gasteiger partial charge in [0.05, 0.1) is 5.92 Å². The zero-order valence-electron chi connectivity index (χ0n) is 9.68. The zero-order chi connectivity index (χ0) is 11.3. The molecule has 88 valence electrons. The molecular formula is C11H22N2O2. The highest BCUT2D eigenvalue weighted by Crippen LogP contribution is 2.13. The van der Waals surface area contributed by atoms with Crippen LogP contribution in [0.25, 0.3) is 0 Å². The minimum Gasteiger partial charge on any atom is -0.396 e. The minimum atomic E-state index is -0.302. The average Bonchev–Trinajstić information content (AvgIpc) is 2.18. The van der Waals surface area contributed by atoms with E-state index in [-0.39, 0.29) is 24.0 Å². The van der Waals surface area contributed by atoms with Crippen LogP contribution in [0, 0.1) is 5.92 Å². The maximum Gasteiger partial charge on any atom is 0.224 e. The molecule has 3 N–H and O–H groups in total. The van der Waals surface area contributed by atoms with Gasteiger partial charge in [0.1, 0.15) is 0 Å². The largest absolute Gasteiger partial charge is 0.396 e. The van der Waals surface area contributed by atoms with E-state index >= 15 is 0 Å². The summed E-state index contributed by atoms with van der Waals surface area (Å²) in [6, 6.07) is 0. The van der Waals surface area contributed by atoms with Gasteiger partial charge in [-0.2, -0.15) is 0 Å². The molecule has 0 radical (unpaired) electrons. The summed E-state index contributed by atoms with van der Waals surface area (Å²) >= 11 is 0. The maximum absolute atomic E-state index is 11.9. The van der Waals surface area contributed by atoms with E-state index in [1.165, 1.54) is 0 Å². The topological polar surface area (TPSA) is 61.4 Å². The van der Waals surface area contributed by atoms with Gasteiger partial charge >= 0.3 is 0 Å². The number of hydrogen-bond donors (Lipinski definition) is 3. The van der Waals surface area contributed by atoms with E-state index in [0.29, 0.717) is 6.42 Å². The van der Waals surface area contributed by atoms with Crippen molar-refractivity contribution in [2.75, 3.05) is 19.7 Å². The Balaban J connectivity index is 2.39. The molecule has 1 aliphatic heterocycles. The lowest BCUT2D eigenvalue weighted by molar-refractivity contribution is -0.127. The average molecular weight is 214 g/mol. The van der Waals surface area contributed by atoms with Crippen molar-refractivity contribution in [3.05, 3.63) is 0 Å². The van der Waals surface area contributed by atoms with Gasteiger partial charge in [-0.3, -0.25) is 4.79 Å². The summed E-state index contributed by atoms with van der Waals surface area (Å²) in [6.07, 6.45) is 2.63. The number of nitrogens with one attached hydrogen (secondary N) is 2. The van der Waals surface area contributed by atoms with Crippen molar-refractivity contribution < 1.29 is 9.90 Å². The summed E-state index contributed by atoms with van der Waals surface area (Å²) in [7, 11) is 0. The first kappa shape index (κ1) is 12.5.